The van der Waals surface area contributed by atoms with E-state index in [1.807, 2.05) is 4.90 Å². The van der Waals surface area contributed by atoms with Crippen molar-refractivity contribution in [3.05, 3.63) is 16.3 Å². The van der Waals surface area contributed by atoms with Crippen LogP contribution in [0, 0.1) is 5.82 Å². The van der Waals surface area contributed by atoms with Gasteiger partial charge < -0.3 is 14.4 Å². The standard InChI is InChI=1S/C13H11Cl2FN4O2/c14-10-8(16)9-7-11(19-13(15)17-9)20-2-4-21-3-1-6(20)5-22-12(7)18-10/h6H,1-5H2. The zero-order valence-electron chi connectivity index (χ0n) is 11.4. The molecule has 2 aromatic heterocycles. The van der Waals surface area contributed by atoms with Crippen molar-refractivity contribution in [2.24, 2.45) is 0 Å². The summed E-state index contributed by atoms with van der Waals surface area (Å²) in [5.41, 5.74) is 0.0239. The Morgan fingerprint density at radius 1 is 1.18 bits per heavy atom. The minimum Gasteiger partial charge on any atom is -0.475 e. The molecule has 0 aromatic carbocycles. The Labute approximate surface area is 135 Å². The van der Waals surface area contributed by atoms with Gasteiger partial charge in [-0.05, 0) is 18.0 Å². The van der Waals surface area contributed by atoms with Crippen LogP contribution in [0.2, 0.25) is 10.4 Å². The third-order valence-corrected chi connectivity index (χ3v) is 4.28. The molecule has 0 saturated carbocycles. The van der Waals surface area contributed by atoms with E-state index in [1.165, 1.54) is 0 Å². The van der Waals surface area contributed by atoms with Gasteiger partial charge in [-0.3, -0.25) is 0 Å². The van der Waals surface area contributed by atoms with Crippen molar-refractivity contribution >= 4 is 39.9 Å². The van der Waals surface area contributed by atoms with Gasteiger partial charge in [-0.25, -0.2) is 9.37 Å². The van der Waals surface area contributed by atoms with Gasteiger partial charge in [0.25, 0.3) is 0 Å². The molecule has 0 N–H and O–H groups in total. The first-order valence-electron chi connectivity index (χ1n) is 6.84. The largest absolute Gasteiger partial charge is 0.475 e. The van der Waals surface area contributed by atoms with Crippen molar-refractivity contribution in [1.82, 2.24) is 15.0 Å². The topological polar surface area (TPSA) is 60.4 Å². The summed E-state index contributed by atoms with van der Waals surface area (Å²) in [7, 11) is 0. The SMILES string of the molecule is Fc1c(Cl)nc2c3c(nc(Cl)nc13)N1CCOCCC1CO2. The number of rotatable bonds is 0. The summed E-state index contributed by atoms with van der Waals surface area (Å²) >= 11 is 11.8. The average molecular weight is 345 g/mol. The summed E-state index contributed by atoms with van der Waals surface area (Å²) in [4.78, 5) is 14.3. The van der Waals surface area contributed by atoms with Crippen LogP contribution in [0.15, 0.2) is 0 Å². The highest BCUT2D eigenvalue weighted by Crippen LogP contribution is 2.39. The summed E-state index contributed by atoms with van der Waals surface area (Å²) < 4.78 is 25.5. The maximum atomic E-state index is 14.3. The monoisotopic (exact) mass is 344 g/mol. The summed E-state index contributed by atoms with van der Waals surface area (Å²) in [6.07, 6.45) is 0.771. The molecular weight excluding hydrogens is 334 g/mol. The fourth-order valence-electron chi connectivity index (χ4n) is 2.83. The first-order chi connectivity index (χ1) is 10.6. The molecular formula is C13H11Cl2FN4O2. The third kappa shape index (κ3) is 2.15. The molecule has 1 atom stereocenters. The minimum atomic E-state index is -0.723. The van der Waals surface area contributed by atoms with Gasteiger partial charge >= 0.3 is 0 Å². The van der Waals surface area contributed by atoms with Gasteiger partial charge in [0.05, 0.1) is 12.6 Å². The van der Waals surface area contributed by atoms with Crippen LogP contribution in [0.3, 0.4) is 0 Å². The van der Waals surface area contributed by atoms with Crippen molar-refractivity contribution < 1.29 is 13.9 Å². The van der Waals surface area contributed by atoms with E-state index in [0.717, 1.165) is 6.42 Å². The van der Waals surface area contributed by atoms with E-state index in [0.29, 0.717) is 37.6 Å². The molecule has 1 fully saturated rings. The number of pyridine rings is 1. The van der Waals surface area contributed by atoms with Crippen molar-refractivity contribution in [1.29, 1.82) is 0 Å². The third-order valence-electron chi connectivity index (χ3n) is 3.86. The highest BCUT2D eigenvalue weighted by Gasteiger charge is 2.32. The van der Waals surface area contributed by atoms with Gasteiger partial charge in [0.2, 0.25) is 11.2 Å². The van der Waals surface area contributed by atoms with E-state index in [4.69, 9.17) is 32.7 Å². The molecule has 0 spiro atoms. The Balaban J connectivity index is 2.02. The molecule has 1 saturated heterocycles. The van der Waals surface area contributed by atoms with Crippen LogP contribution in [-0.4, -0.2) is 47.4 Å². The summed E-state index contributed by atoms with van der Waals surface area (Å²) in [6, 6.07) is 0.0488. The van der Waals surface area contributed by atoms with Crippen molar-refractivity contribution in [2.75, 3.05) is 31.3 Å². The van der Waals surface area contributed by atoms with E-state index in [9.17, 15) is 4.39 Å². The molecule has 116 valence electrons. The second-order valence-electron chi connectivity index (χ2n) is 5.12. The molecule has 4 rings (SSSR count). The van der Waals surface area contributed by atoms with Gasteiger partial charge in [0.15, 0.2) is 11.0 Å². The lowest BCUT2D eigenvalue weighted by Crippen LogP contribution is -2.39. The number of anilines is 1. The number of ether oxygens (including phenoxy) is 2. The Morgan fingerprint density at radius 2 is 2.05 bits per heavy atom. The molecule has 0 radical (unpaired) electrons. The molecule has 0 amide bonds. The van der Waals surface area contributed by atoms with Crippen LogP contribution in [0.1, 0.15) is 6.42 Å². The zero-order chi connectivity index (χ0) is 15.3. The van der Waals surface area contributed by atoms with E-state index < -0.39 is 5.82 Å². The number of aromatic nitrogens is 3. The lowest BCUT2D eigenvalue weighted by molar-refractivity contribution is 0.147. The molecule has 6 nitrogen and oxygen atoms in total. The van der Waals surface area contributed by atoms with Gasteiger partial charge in [0, 0.05) is 13.2 Å². The van der Waals surface area contributed by atoms with Crippen LogP contribution in [0.4, 0.5) is 10.2 Å². The van der Waals surface area contributed by atoms with E-state index in [2.05, 4.69) is 15.0 Å². The molecule has 1 unspecified atom stereocenters. The maximum Gasteiger partial charge on any atom is 0.228 e. The molecule has 2 aliphatic rings. The fraction of sp³-hybridized carbons (Fsp3) is 0.462. The molecule has 22 heavy (non-hydrogen) atoms. The Hall–Kier alpha value is -1.44. The lowest BCUT2D eigenvalue weighted by Gasteiger charge is -2.28. The lowest BCUT2D eigenvalue weighted by atomic mass is 10.2. The predicted octanol–water partition coefficient (Wildman–Crippen LogP) is 2.46. The Morgan fingerprint density at radius 3 is 2.91 bits per heavy atom. The van der Waals surface area contributed by atoms with Gasteiger partial charge in [0.1, 0.15) is 23.3 Å². The summed E-state index contributed by atoms with van der Waals surface area (Å²) in [5.74, 6) is 0.0298. The first-order valence-corrected chi connectivity index (χ1v) is 7.60. The quantitative estimate of drug-likeness (QED) is 0.540. The minimum absolute atomic E-state index is 0.0239. The van der Waals surface area contributed by atoms with Gasteiger partial charge in [-0.15, -0.1) is 0 Å². The van der Waals surface area contributed by atoms with Gasteiger partial charge in [-0.1, -0.05) is 11.6 Å². The maximum absolute atomic E-state index is 14.3. The Kier molecular flexibility index (Phi) is 3.43. The Bertz CT molecular complexity index is 761. The van der Waals surface area contributed by atoms with Crippen molar-refractivity contribution in [3.8, 4) is 5.88 Å². The molecule has 2 aliphatic heterocycles. The smallest absolute Gasteiger partial charge is 0.228 e. The van der Waals surface area contributed by atoms with E-state index >= 15 is 0 Å². The van der Waals surface area contributed by atoms with Gasteiger partial charge in [-0.2, -0.15) is 9.97 Å². The number of hydrogen-bond acceptors (Lipinski definition) is 6. The molecule has 0 bridgehead atoms. The van der Waals surface area contributed by atoms with E-state index in [-0.39, 0.29) is 27.9 Å². The number of hydrogen-bond donors (Lipinski definition) is 0. The van der Waals surface area contributed by atoms with Crippen molar-refractivity contribution in [3.63, 3.8) is 0 Å². The summed E-state index contributed by atoms with van der Waals surface area (Å²) in [5, 5.41) is 0.0692. The van der Waals surface area contributed by atoms with Crippen LogP contribution < -0.4 is 9.64 Å². The highest BCUT2D eigenvalue weighted by atomic mass is 35.5. The first kappa shape index (κ1) is 14.2. The van der Waals surface area contributed by atoms with Crippen LogP contribution >= 0.6 is 23.2 Å². The number of halogens is 3. The van der Waals surface area contributed by atoms with Crippen LogP contribution in [0.5, 0.6) is 5.88 Å². The molecule has 4 heterocycles. The second-order valence-corrected chi connectivity index (χ2v) is 5.82. The van der Waals surface area contributed by atoms with Crippen LogP contribution in [-0.2, 0) is 4.74 Å². The fourth-order valence-corrected chi connectivity index (χ4v) is 3.16. The average Bonchev–Trinajstić information content (AvgIpc) is 2.80. The second kappa shape index (κ2) is 5.33. The molecule has 2 aromatic rings. The number of nitrogens with zero attached hydrogens (tertiary/aromatic N) is 4. The normalized spacial score (nSPS) is 21.0. The zero-order valence-corrected chi connectivity index (χ0v) is 12.9. The van der Waals surface area contributed by atoms with E-state index in [1.54, 1.807) is 0 Å². The molecule has 0 aliphatic carbocycles. The van der Waals surface area contributed by atoms with Crippen LogP contribution in [0.25, 0.3) is 10.9 Å². The summed E-state index contributed by atoms with van der Waals surface area (Å²) in [6.45, 7) is 2.19. The highest BCUT2D eigenvalue weighted by molar-refractivity contribution is 6.31. The number of fused-ring (bicyclic) bond motifs is 2. The predicted molar refractivity (Wildman–Crippen MR) is 79.4 cm³/mol. The van der Waals surface area contributed by atoms with Crippen molar-refractivity contribution in [2.45, 2.75) is 12.5 Å². The molecule has 9 heteroatoms.